The number of hydrogen-bond donors (Lipinski definition) is 2. The van der Waals surface area contributed by atoms with Crippen molar-refractivity contribution in [3.63, 3.8) is 0 Å². The maximum atomic E-state index is 13.0. The summed E-state index contributed by atoms with van der Waals surface area (Å²) in [6.07, 6.45) is -0.717. The topological polar surface area (TPSA) is 64.3 Å². The Morgan fingerprint density at radius 3 is 2.17 bits per heavy atom. The smallest absolute Gasteiger partial charge is 0.382 e. The van der Waals surface area contributed by atoms with Crippen molar-refractivity contribution >= 4 is 24.1 Å². The first-order chi connectivity index (χ1) is 16.7. The van der Waals surface area contributed by atoms with Crippen LogP contribution in [0.25, 0.3) is 11.3 Å². The van der Waals surface area contributed by atoms with E-state index in [1.165, 1.54) is 30.3 Å². The highest BCUT2D eigenvalue weighted by Gasteiger charge is 2.35. The predicted molar refractivity (Wildman–Crippen MR) is 130 cm³/mol. The van der Waals surface area contributed by atoms with E-state index in [2.05, 4.69) is 32.4 Å². The third-order valence-electron chi connectivity index (χ3n) is 4.96. The highest BCUT2D eigenvalue weighted by molar-refractivity contribution is 7.80. The Labute approximate surface area is 205 Å². The molecular formula is C25H22F4N4OS. The highest BCUT2D eigenvalue weighted by atomic mass is 32.1. The summed E-state index contributed by atoms with van der Waals surface area (Å²) in [6.45, 7) is 0.724. The number of alkyl halides is 2. The molecule has 0 unspecified atom stereocenters. The first-order valence-corrected chi connectivity index (χ1v) is 10.7. The molecule has 0 spiro atoms. The molecule has 0 saturated carbocycles. The largest absolute Gasteiger partial charge is 0.414 e. The van der Waals surface area contributed by atoms with Crippen molar-refractivity contribution in [2.75, 3.05) is 17.7 Å². The third-order valence-corrected chi connectivity index (χ3v) is 5.35. The molecule has 0 aliphatic rings. The van der Waals surface area contributed by atoms with Gasteiger partial charge in [0.25, 0.3) is 0 Å². The zero-order chi connectivity index (χ0) is 25.4. The molecule has 0 atom stereocenters. The molecule has 0 aliphatic carbocycles. The fraction of sp³-hybridized carbons (Fsp3) is 0.120. The van der Waals surface area contributed by atoms with E-state index in [4.69, 9.17) is 5.73 Å². The lowest BCUT2D eigenvalue weighted by atomic mass is 10.1. The Bertz CT molecular complexity index is 1240. The molecule has 1 aromatic heterocycles. The summed E-state index contributed by atoms with van der Waals surface area (Å²) in [5.74, 6) is 0.191. The highest BCUT2D eigenvalue weighted by Crippen LogP contribution is 2.33. The Morgan fingerprint density at radius 2 is 1.57 bits per heavy atom. The molecule has 4 rings (SSSR count). The van der Waals surface area contributed by atoms with Gasteiger partial charge in [0.2, 0.25) is 0 Å². The van der Waals surface area contributed by atoms with E-state index in [-0.39, 0.29) is 10.7 Å². The number of nitrogen functional groups attached to an aromatic ring is 1. The van der Waals surface area contributed by atoms with Gasteiger partial charge in [-0.2, -0.15) is 8.78 Å². The standard InChI is InChI=1S/C18H17FN4.C7H5F3OS/c1-23(16-8-6-15(19)7-9-16)12-13-2-4-14(5-3-13)17-18(20)22-11-10-21-17;8-7(9,11-10)5-3-1-2-4-6(5)12/h2-11H,12H2,1H3,(H2,20,22);1-4,12H. The van der Waals surface area contributed by atoms with E-state index in [9.17, 15) is 17.7 Å². The van der Waals surface area contributed by atoms with E-state index in [0.717, 1.165) is 29.4 Å². The Balaban J connectivity index is 0.000000241. The van der Waals surface area contributed by atoms with Gasteiger partial charge in [0, 0.05) is 42.1 Å². The summed E-state index contributed by atoms with van der Waals surface area (Å²) in [5, 5.41) is 0. The average molecular weight is 503 g/mol. The van der Waals surface area contributed by atoms with E-state index in [1.54, 1.807) is 24.5 Å². The fourth-order valence-electron chi connectivity index (χ4n) is 3.16. The van der Waals surface area contributed by atoms with Crippen molar-refractivity contribution in [3.8, 4) is 11.3 Å². The van der Waals surface area contributed by atoms with Crippen molar-refractivity contribution in [2.45, 2.75) is 17.5 Å². The molecule has 10 heteroatoms. The maximum absolute atomic E-state index is 13.0. The summed E-state index contributed by atoms with van der Waals surface area (Å²) >= 11 is 3.72. The first-order valence-electron chi connectivity index (χ1n) is 10.3. The third kappa shape index (κ3) is 6.93. The van der Waals surface area contributed by atoms with Crippen LogP contribution in [0.1, 0.15) is 11.1 Å². The normalized spacial score (nSPS) is 10.9. The lowest BCUT2D eigenvalue weighted by Gasteiger charge is -2.19. The molecule has 3 aromatic carbocycles. The molecule has 5 nitrogen and oxygen atoms in total. The van der Waals surface area contributed by atoms with Gasteiger partial charge in [0.05, 0.1) is 5.56 Å². The van der Waals surface area contributed by atoms with Crippen LogP contribution in [0.15, 0.2) is 90.1 Å². The van der Waals surface area contributed by atoms with Crippen LogP contribution in [0.3, 0.4) is 0 Å². The van der Waals surface area contributed by atoms with Crippen LogP contribution in [0, 0.1) is 5.82 Å². The number of rotatable bonds is 6. The minimum atomic E-state index is -3.92. The van der Waals surface area contributed by atoms with Crippen LogP contribution >= 0.6 is 12.6 Å². The molecule has 0 amide bonds. The molecule has 2 N–H and O–H groups in total. The van der Waals surface area contributed by atoms with E-state index in [1.807, 2.05) is 31.3 Å². The lowest BCUT2D eigenvalue weighted by molar-refractivity contribution is -0.365. The fourth-order valence-corrected chi connectivity index (χ4v) is 3.45. The quantitative estimate of drug-likeness (QED) is 0.235. The van der Waals surface area contributed by atoms with Gasteiger partial charge in [0.1, 0.15) is 17.3 Å². The van der Waals surface area contributed by atoms with Crippen LogP contribution in [-0.4, -0.2) is 17.0 Å². The zero-order valence-corrected chi connectivity index (χ0v) is 19.5. The number of hydrogen-bond acceptors (Lipinski definition) is 6. The van der Waals surface area contributed by atoms with Gasteiger partial charge in [-0.05, 0) is 46.5 Å². The summed E-state index contributed by atoms with van der Waals surface area (Å²) in [5.41, 5.74) is 8.99. The van der Waals surface area contributed by atoms with Gasteiger partial charge in [0.15, 0.2) is 0 Å². The number of anilines is 2. The van der Waals surface area contributed by atoms with E-state index in [0.29, 0.717) is 11.5 Å². The van der Waals surface area contributed by atoms with Gasteiger partial charge in [-0.15, -0.1) is 17.6 Å². The second-order valence-corrected chi connectivity index (χ2v) is 7.91. The second kappa shape index (κ2) is 11.7. The van der Waals surface area contributed by atoms with Gasteiger partial charge in [-0.1, -0.05) is 36.4 Å². The Kier molecular flexibility index (Phi) is 8.67. The van der Waals surface area contributed by atoms with Gasteiger partial charge < -0.3 is 10.6 Å². The molecule has 0 bridgehead atoms. The molecule has 0 saturated heterocycles. The summed E-state index contributed by atoms with van der Waals surface area (Å²) in [7, 11) is 1.97. The van der Waals surface area contributed by atoms with Crippen LogP contribution in [0.5, 0.6) is 0 Å². The molecule has 4 aromatic rings. The monoisotopic (exact) mass is 502 g/mol. The summed E-state index contributed by atoms with van der Waals surface area (Å²) in [6, 6.07) is 19.7. The zero-order valence-electron chi connectivity index (χ0n) is 18.6. The second-order valence-electron chi connectivity index (χ2n) is 7.43. The number of nitrogens with two attached hydrogens (primary N) is 1. The number of thiol groups is 1. The van der Waals surface area contributed by atoms with Crippen molar-refractivity contribution in [1.82, 2.24) is 9.97 Å². The maximum Gasteiger partial charge on any atom is 0.414 e. The number of nitrogens with zero attached hydrogens (tertiary/aromatic N) is 3. The molecular weight excluding hydrogens is 480 g/mol. The van der Waals surface area contributed by atoms with Crippen molar-refractivity contribution in [1.29, 1.82) is 0 Å². The van der Waals surface area contributed by atoms with Gasteiger partial charge >= 0.3 is 6.11 Å². The van der Waals surface area contributed by atoms with Crippen molar-refractivity contribution in [3.05, 3.63) is 102 Å². The minimum absolute atomic E-state index is 0.0137. The molecule has 0 radical (unpaired) electrons. The first kappa shape index (κ1) is 26.0. The average Bonchev–Trinajstić information content (AvgIpc) is 2.86. The predicted octanol–water partition coefficient (Wildman–Crippen LogP) is 6.43. The van der Waals surface area contributed by atoms with Crippen LogP contribution < -0.4 is 10.6 Å². The lowest BCUT2D eigenvalue weighted by Crippen LogP contribution is -2.16. The van der Waals surface area contributed by atoms with Crippen molar-refractivity contribution in [2.24, 2.45) is 0 Å². The number of halogens is 4. The van der Waals surface area contributed by atoms with Crippen LogP contribution in [0.2, 0.25) is 0 Å². The summed E-state index contributed by atoms with van der Waals surface area (Å²) < 4.78 is 49.3. The molecule has 0 fully saturated rings. The number of aromatic nitrogens is 2. The van der Waals surface area contributed by atoms with Crippen LogP contribution in [0.4, 0.5) is 29.2 Å². The van der Waals surface area contributed by atoms with E-state index >= 15 is 0 Å². The molecule has 1 heterocycles. The van der Waals surface area contributed by atoms with Crippen LogP contribution in [-0.2, 0) is 17.6 Å². The SMILES string of the molecule is CN(Cc1ccc(-c2nccnc2N)cc1)c1ccc(F)cc1.FOC(F)(F)c1ccccc1S. The van der Waals surface area contributed by atoms with Crippen molar-refractivity contribution < 1.29 is 22.6 Å². The van der Waals surface area contributed by atoms with Gasteiger partial charge in [-0.3, -0.25) is 4.98 Å². The minimum Gasteiger partial charge on any atom is -0.382 e. The van der Waals surface area contributed by atoms with E-state index < -0.39 is 11.7 Å². The Hall–Kier alpha value is -3.63. The summed E-state index contributed by atoms with van der Waals surface area (Å²) in [4.78, 5) is 12.9. The number of benzene rings is 3. The molecule has 182 valence electrons. The van der Waals surface area contributed by atoms with Gasteiger partial charge in [-0.25, -0.2) is 9.37 Å². The molecule has 0 aliphatic heterocycles. The Morgan fingerprint density at radius 1 is 0.943 bits per heavy atom. The molecule has 35 heavy (non-hydrogen) atoms.